The molecule has 2 rings (SSSR count). The number of H-pyrrole nitrogens is 1. The van der Waals surface area contributed by atoms with E-state index in [0.29, 0.717) is 11.2 Å². The number of unbranched alkanes of at least 4 members (excludes halogenated alkanes) is 1. The van der Waals surface area contributed by atoms with Crippen molar-refractivity contribution in [1.82, 2.24) is 15.3 Å². The molecule has 0 aromatic carbocycles. The fourth-order valence-electron chi connectivity index (χ4n) is 1.62. The minimum atomic E-state index is 0.471. The molecule has 5 heteroatoms. The molecule has 0 amide bonds. The summed E-state index contributed by atoms with van der Waals surface area (Å²) in [6.07, 6.45) is 3.29. The van der Waals surface area contributed by atoms with Gasteiger partial charge in [-0.05, 0) is 6.42 Å². The number of hydrogen-bond acceptors (Lipinski definition) is 3. The second-order valence-electron chi connectivity index (χ2n) is 4.17. The molecule has 0 radical (unpaired) electrons. The second kappa shape index (κ2) is 5.66. The molecule has 1 saturated heterocycles. The molecule has 1 aliphatic heterocycles. The molecule has 0 aliphatic carbocycles. The van der Waals surface area contributed by atoms with Gasteiger partial charge in [-0.25, -0.2) is 4.98 Å². The summed E-state index contributed by atoms with van der Waals surface area (Å²) >= 11 is 6.05. The van der Waals surface area contributed by atoms with Crippen LogP contribution in [0.25, 0.3) is 0 Å². The van der Waals surface area contributed by atoms with Crippen molar-refractivity contribution in [3.63, 3.8) is 0 Å². The predicted octanol–water partition coefficient (Wildman–Crippen LogP) is 1.89. The zero-order valence-corrected chi connectivity index (χ0v) is 10.3. The summed E-state index contributed by atoms with van der Waals surface area (Å²) in [5.74, 6) is 0.994. The van der Waals surface area contributed by atoms with Crippen molar-refractivity contribution in [2.24, 2.45) is 0 Å². The van der Waals surface area contributed by atoms with Crippen molar-refractivity contribution in [3.8, 4) is 0 Å². The van der Waals surface area contributed by atoms with Gasteiger partial charge in [-0.1, -0.05) is 24.9 Å². The molecule has 0 spiro atoms. The van der Waals surface area contributed by atoms with Crippen molar-refractivity contribution in [1.29, 1.82) is 0 Å². The second-order valence-corrected chi connectivity index (χ2v) is 4.53. The van der Waals surface area contributed by atoms with Gasteiger partial charge in [0.05, 0.1) is 24.9 Å². The highest BCUT2D eigenvalue weighted by atomic mass is 35.5. The Kier molecular flexibility index (Phi) is 4.21. The topological polar surface area (TPSA) is 49.9 Å². The smallest absolute Gasteiger partial charge is 0.151 e. The summed E-state index contributed by atoms with van der Waals surface area (Å²) in [6, 6.07) is 0.471. The third-order valence-electron chi connectivity index (χ3n) is 2.75. The van der Waals surface area contributed by atoms with Gasteiger partial charge in [-0.3, -0.25) is 0 Å². The highest BCUT2D eigenvalue weighted by molar-refractivity contribution is 6.30. The molecule has 0 unspecified atom stereocenters. The van der Waals surface area contributed by atoms with Gasteiger partial charge in [-0.2, -0.15) is 0 Å². The van der Waals surface area contributed by atoms with E-state index in [1.807, 2.05) is 0 Å². The van der Waals surface area contributed by atoms with Crippen LogP contribution in [0.15, 0.2) is 0 Å². The average Bonchev–Trinajstić information content (AvgIpc) is 2.54. The number of aromatic nitrogens is 2. The van der Waals surface area contributed by atoms with E-state index in [1.54, 1.807) is 0 Å². The monoisotopic (exact) mass is 243 g/mol. The van der Waals surface area contributed by atoms with E-state index < -0.39 is 0 Å². The van der Waals surface area contributed by atoms with Crippen LogP contribution < -0.4 is 5.32 Å². The number of aryl methyl sites for hydroxylation is 1. The van der Waals surface area contributed by atoms with Crippen LogP contribution in [0, 0.1) is 0 Å². The Morgan fingerprint density at radius 1 is 1.56 bits per heavy atom. The highest BCUT2D eigenvalue weighted by Gasteiger charge is 2.18. The lowest BCUT2D eigenvalue weighted by Gasteiger charge is -2.26. The van der Waals surface area contributed by atoms with Gasteiger partial charge in [-0.15, -0.1) is 0 Å². The van der Waals surface area contributed by atoms with Gasteiger partial charge < -0.3 is 15.0 Å². The maximum atomic E-state index is 6.05. The summed E-state index contributed by atoms with van der Waals surface area (Å²) in [5.41, 5.74) is 0.986. The Morgan fingerprint density at radius 2 is 2.38 bits per heavy atom. The van der Waals surface area contributed by atoms with Crippen molar-refractivity contribution < 1.29 is 4.74 Å². The molecular weight excluding hydrogens is 226 g/mol. The van der Waals surface area contributed by atoms with Crippen LogP contribution in [-0.4, -0.2) is 29.2 Å². The molecule has 2 N–H and O–H groups in total. The molecule has 1 aromatic rings. The minimum Gasteiger partial charge on any atom is -0.378 e. The fourth-order valence-corrected chi connectivity index (χ4v) is 1.84. The van der Waals surface area contributed by atoms with E-state index >= 15 is 0 Å². The number of nitrogens with one attached hydrogen (secondary N) is 2. The van der Waals surface area contributed by atoms with Gasteiger partial charge in [0.25, 0.3) is 0 Å². The molecule has 4 nitrogen and oxygen atoms in total. The van der Waals surface area contributed by atoms with Crippen LogP contribution >= 0.6 is 11.6 Å². The molecular formula is C11H18ClN3O. The van der Waals surface area contributed by atoms with E-state index in [4.69, 9.17) is 16.3 Å². The first-order chi connectivity index (χ1) is 7.79. The lowest BCUT2D eigenvalue weighted by atomic mass is 10.2. The molecule has 1 aliphatic rings. The van der Waals surface area contributed by atoms with Crippen molar-refractivity contribution >= 4 is 11.6 Å². The van der Waals surface area contributed by atoms with E-state index in [-0.39, 0.29) is 0 Å². The van der Waals surface area contributed by atoms with E-state index in [9.17, 15) is 0 Å². The third kappa shape index (κ3) is 2.97. The first-order valence-electron chi connectivity index (χ1n) is 5.84. The molecule has 2 heterocycles. The van der Waals surface area contributed by atoms with Crippen LogP contribution in [0.2, 0.25) is 5.15 Å². The first-order valence-corrected chi connectivity index (χ1v) is 6.21. The third-order valence-corrected chi connectivity index (χ3v) is 3.06. The van der Waals surface area contributed by atoms with E-state index in [2.05, 4.69) is 22.2 Å². The van der Waals surface area contributed by atoms with Gasteiger partial charge in [0.15, 0.2) is 5.15 Å². The van der Waals surface area contributed by atoms with Gasteiger partial charge in [0.1, 0.15) is 5.82 Å². The molecule has 16 heavy (non-hydrogen) atoms. The molecule has 90 valence electrons. The highest BCUT2D eigenvalue weighted by Crippen LogP contribution is 2.14. The van der Waals surface area contributed by atoms with Gasteiger partial charge in [0, 0.05) is 13.0 Å². The SMILES string of the molecule is CCCCc1nc(Cl)c(CNC2COC2)[nH]1. The Bertz CT molecular complexity index is 336. The number of aromatic amines is 1. The normalized spacial score (nSPS) is 16.4. The largest absolute Gasteiger partial charge is 0.378 e. The van der Waals surface area contributed by atoms with E-state index in [1.165, 1.54) is 6.42 Å². The standard InChI is InChI=1S/C11H18ClN3O/c1-2-3-4-10-14-9(11(12)15-10)5-13-8-6-16-7-8/h8,13H,2-7H2,1H3,(H,14,15). The minimum absolute atomic E-state index is 0.471. The van der Waals surface area contributed by atoms with Gasteiger partial charge in [0.2, 0.25) is 0 Å². The lowest BCUT2D eigenvalue weighted by molar-refractivity contribution is -0.00589. The van der Waals surface area contributed by atoms with Crippen LogP contribution in [0.3, 0.4) is 0 Å². The Morgan fingerprint density at radius 3 is 3.00 bits per heavy atom. The molecule has 1 fully saturated rings. The number of nitrogens with zero attached hydrogens (tertiary/aromatic N) is 1. The maximum Gasteiger partial charge on any atom is 0.151 e. The number of rotatable bonds is 6. The number of imidazole rings is 1. The fraction of sp³-hybridized carbons (Fsp3) is 0.727. The van der Waals surface area contributed by atoms with Crippen molar-refractivity contribution in [2.75, 3.05) is 13.2 Å². The maximum absolute atomic E-state index is 6.05. The number of hydrogen-bond donors (Lipinski definition) is 2. The Labute approximate surface area is 101 Å². The van der Waals surface area contributed by atoms with Crippen LogP contribution in [-0.2, 0) is 17.7 Å². The van der Waals surface area contributed by atoms with Crippen LogP contribution in [0.4, 0.5) is 0 Å². The summed E-state index contributed by atoms with van der Waals surface area (Å²) in [4.78, 5) is 7.58. The van der Waals surface area contributed by atoms with Crippen LogP contribution in [0.5, 0.6) is 0 Å². The summed E-state index contributed by atoms with van der Waals surface area (Å²) in [7, 11) is 0. The Balaban J connectivity index is 1.84. The zero-order chi connectivity index (χ0) is 11.4. The Hall–Kier alpha value is -0.580. The zero-order valence-electron chi connectivity index (χ0n) is 9.55. The van der Waals surface area contributed by atoms with E-state index in [0.717, 1.165) is 44.1 Å². The van der Waals surface area contributed by atoms with Crippen LogP contribution in [0.1, 0.15) is 31.3 Å². The quantitative estimate of drug-likeness (QED) is 0.802. The lowest BCUT2D eigenvalue weighted by Crippen LogP contribution is -2.45. The summed E-state index contributed by atoms with van der Waals surface area (Å²) in [6.45, 7) is 4.51. The predicted molar refractivity (Wildman–Crippen MR) is 63.7 cm³/mol. The molecule has 1 aromatic heterocycles. The first kappa shape index (κ1) is 11.9. The summed E-state index contributed by atoms with van der Waals surface area (Å²) in [5, 5.41) is 3.96. The van der Waals surface area contributed by atoms with Gasteiger partial charge >= 0.3 is 0 Å². The number of ether oxygens (including phenoxy) is 1. The number of halogens is 1. The summed E-state index contributed by atoms with van der Waals surface area (Å²) < 4.78 is 5.09. The molecule has 0 saturated carbocycles. The average molecular weight is 244 g/mol. The molecule has 0 atom stereocenters. The van der Waals surface area contributed by atoms with Crippen molar-refractivity contribution in [3.05, 3.63) is 16.7 Å². The van der Waals surface area contributed by atoms with Crippen molar-refractivity contribution in [2.45, 2.75) is 38.8 Å². The molecule has 0 bridgehead atoms.